The van der Waals surface area contributed by atoms with E-state index in [1.54, 1.807) is 12.1 Å². The van der Waals surface area contributed by atoms with E-state index < -0.39 is 23.2 Å². The van der Waals surface area contributed by atoms with Gasteiger partial charge < -0.3 is 24.8 Å². The van der Waals surface area contributed by atoms with Crippen molar-refractivity contribution in [3.05, 3.63) is 53.6 Å². The van der Waals surface area contributed by atoms with Gasteiger partial charge in [-0.2, -0.15) is 13.2 Å². The highest BCUT2D eigenvalue weighted by Gasteiger charge is 2.38. The van der Waals surface area contributed by atoms with Crippen molar-refractivity contribution in [2.45, 2.75) is 44.9 Å². The summed E-state index contributed by atoms with van der Waals surface area (Å²) in [4.78, 5) is 15.1. The molecule has 2 aliphatic heterocycles. The average Bonchev–Trinajstić information content (AvgIpc) is 2.83. The molecule has 0 aromatic heterocycles. The third kappa shape index (κ3) is 5.10. The third-order valence-corrected chi connectivity index (χ3v) is 6.66. The fourth-order valence-electron chi connectivity index (χ4n) is 4.62. The molecule has 2 aromatic rings. The maximum Gasteiger partial charge on any atom is 0.416 e. The summed E-state index contributed by atoms with van der Waals surface area (Å²) in [5, 5.41) is 12.2. The zero-order chi connectivity index (χ0) is 25.2. The first kappa shape index (κ1) is 24.9. The highest BCUT2D eigenvalue weighted by Crippen LogP contribution is 2.46. The molecule has 6 nitrogen and oxygen atoms in total. The van der Waals surface area contributed by atoms with Crippen LogP contribution in [0.15, 0.2) is 42.5 Å². The molecule has 2 heterocycles. The van der Waals surface area contributed by atoms with Gasteiger partial charge in [0.25, 0.3) is 0 Å². The lowest BCUT2D eigenvalue weighted by molar-refractivity contribution is -0.137. The maximum absolute atomic E-state index is 13.3. The number of hydrogen-bond acceptors (Lipinski definition) is 5. The molecule has 9 heteroatoms. The van der Waals surface area contributed by atoms with E-state index in [1.165, 1.54) is 12.1 Å². The minimum absolute atomic E-state index is 0.00371. The van der Waals surface area contributed by atoms with Gasteiger partial charge in [0.2, 0.25) is 5.91 Å². The van der Waals surface area contributed by atoms with E-state index in [2.05, 4.69) is 5.32 Å². The molecule has 0 unspecified atom stereocenters. The number of aliphatic hydroxyl groups is 1. The van der Waals surface area contributed by atoms with Gasteiger partial charge in [-0.05, 0) is 42.7 Å². The van der Waals surface area contributed by atoms with Crippen molar-refractivity contribution in [1.29, 1.82) is 0 Å². The van der Waals surface area contributed by atoms with Gasteiger partial charge in [0.15, 0.2) is 5.75 Å². The Kier molecular flexibility index (Phi) is 6.98. The van der Waals surface area contributed by atoms with E-state index in [1.807, 2.05) is 24.8 Å². The lowest BCUT2D eigenvalue weighted by Gasteiger charge is -2.39. The predicted molar refractivity (Wildman–Crippen MR) is 128 cm³/mol. The van der Waals surface area contributed by atoms with Crippen LogP contribution in [-0.2, 0) is 11.0 Å². The summed E-state index contributed by atoms with van der Waals surface area (Å²) < 4.78 is 51.8. The van der Waals surface area contributed by atoms with E-state index in [0.29, 0.717) is 61.5 Å². The Bertz CT molecular complexity index is 1130. The minimum Gasteiger partial charge on any atom is -0.487 e. The van der Waals surface area contributed by atoms with E-state index in [9.17, 15) is 23.1 Å². The second-order valence-electron chi connectivity index (χ2n) is 8.75. The SMILES string of the molecule is CCC1(CC)C/C(=C\C(=O)Nc2cccc3c2OCCN3CCO)c2ccc(C(F)(F)F)cc2O1. The molecule has 0 bridgehead atoms. The van der Waals surface area contributed by atoms with Crippen LogP contribution in [0.3, 0.4) is 0 Å². The predicted octanol–water partition coefficient (Wildman–Crippen LogP) is 5.26. The number of nitrogens with one attached hydrogen (secondary N) is 1. The first-order valence-corrected chi connectivity index (χ1v) is 11.7. The van der Waals surface area contributed by atoms with Crippen molar-refractivity contribution in [2.75, 3.05) is 36.5 Å². The smallest absolute Gasteiger partial charge is 0.416 e. The van der Waals surface area contributed by atoms with Crippen LogP contribution in [0.2, 0.25) is 0 Å². The van der Waals surface area contributed by atoms with E-state index in [4.69, 9.17) is 9.47 Å². The molecule has 1 amide bonds. The van der Waals surface area contributed by atoms with Crippen molar-refractivity contribution in [2.24, 2.45) is 0 Å². The number of fused-ring (bicyclic) bond motifs is 2. The Hall–Kier alpha value is -3.20. The summed E-state index contributed by atoms with van der Waals surface area (Å²) in [6.07, 6.45) is -1.49. The number of benzene rings is 2. The van der Waals surface area contributed by atoms with Crippen molar-refractivity contribution >= 4 is 22.9 Å². The van der Waals surface area contributed by atoms with Crippen LogP contribution in [0.5, 0.6) is 11.5 Å². The Morgan fingerprint density at radius 2 is 2.00 bits per heavy atom. The number of rotatable bonds is 6. The Morgan fingerprint density at radius 3 is 2.69 bits per heavy atom. The van der Waals surface area contributed by atoms with Gasteiger partial charge in [0.1, 0.15) is 18.0 Å². The quantitative estimate of drug-likeness (QED) is 0.541. The summed E-state index contributed by atoms with van der Waals surface area (Å²) in [5.41, 5.74) is 0.888. The largest absolute Gasteiger partial charge is 0.487 e. The van der Waals surface area contributed by atoms with Crippen LogP contribution in [0, 0.1) is 0 Å². The minimum atomic E-state index is -4.49. The molecular weight excluding hydrogens is 461 g/mol. The van der Waals surface area contributed by atoms with Gasteiger partial charge in [-0.3, -0.25) is 4.79 Å². The van der Waals surface area contributed by atoms with Crippen LogP contribution >= 0.6 is 0 Å². The van der Waals surface area contributed by atoms with Gasteiger partial charge in [0.05, 0.1) is 30.1 Å². The molecule has 0 saturated carbocycles. The molecule has 35 heavy (non-hydrogen) atoms. The van der Waals surface area contributed by atoms with Crippen LogP contribution in [-0.4, -0.2) is 42.9 Å². The lowest BCUT2D eigenvalue weighted by atomic mass is 9.83. The number of carbonyl (C=O) groups is 1. The van der Waals surface area contributed by atoms with Gasteiger partial charge >= 0.3 is 6.18 Å². The topological polar surface area (TPSA) is 71.0 Å². The van der Waals surface area contributed by atoms with Gasteiger partial charge in [-0.25, -0.2) is 0 Å². The van der Waals surface area contributed by atoms with Crippen molar-refractivity contribution in [3.63, 3.8) is 0 Å². The second kappa shape index (κ2) is 9.81. The zero-order valence-electron chi connectivity index (χ0n) is 19.7. The summed E-state index contributed by atoms with van der Waals surface area (Å²) in [7, 11) is 0. The third-order valence-electron chi connectivity index (χ3n) is 6.66. The molecular formula is C26H29F3N2O4. The van der Waals surface area contributed by atoms with Crippen LogP contribution < -0.4 is 19.7 Å². The summed E-state index contributed by atoms with van der Waals surface area (Å²) in [5.74, 6) is 0.247. The molecule has 0 atom stereocenters. The van der Waals surface area contributed by atoms with E-state index in [0.717, 1.165) is 17.8 Å². The number of halogens is 3. The molecule has 0 aliphatic carbocycles. The number of carbonyl (C=O) groups excluding carboxylic acids is 1. The van der Waals surface area contributed by atoms with Crippen molar-refractivity contribution in [3.8, 4) is 11.5 Å². The molecule has 0 spiro atoms. The monoisotopic (exact) mass is 490 g/mol. The molecule has 0 saturated heterocycles. The van der Waals surface area contributed by atoms with Gasteiger partial charge in [0, 0.05) is 24.6 Å². The Labute approximate surface area is 202 Å². The number of anilines is 2. The number of β-amino-alcohol motifs (C(OH)–C–C–N with tert-alkyl or cyclic N) is 1. The van der Waals surface area contributed by atoms with E-state index >= 15 is 0 Å². The Balaban J connectivity index is 1.67. The number of nitrogens with zero attached hydrogens (tertiary/aromatic N) is 1. The number of ether oxygens (including phenoxy) is 2. The molecule has 0 radical (unpaired) electrons. The summed E-state index contributed by atoms with van der Waals surface area (Å²) >= 11 is 0. The number of para-hydroxylation sites is 1. The highest BCUT2D eigenvalue weighted by molar-refractivity contribution is 6.06. The molecule has 2 N–H and O–H groups in total. The van der Waals surface area contributed by atoms with Crippen molar-refractivity contribution < 1.29 is 32.5 Å². The molecule has 2 aromatic carbocycles. The number of alkyl halides is 3. The van der Waals surface area contributed by atoms with Crippen LogP contribution in [0.25, 0.3) is 5.57 Å². The standard InChI is InChI=1S/C26H29F3N2O4/c1-3-25(4-2)16-17(19-9-8-18(26(27,28)29)15-22(19)35-25)14-23(33)30-20-6-5-7-21-24(20)34-13-11-31(21)10-12-32/h5-9,14-15,32H,3-4,10-13,16H2,1-2H3,(H,30,33)/b17-14+. The Morgan fingerprint density at radius 1 is 1.23 bits per heavy atom. The fraction of sp³-hybridized carbons (Fsp3) is 0.423. The van der Waals surface area contributed by atoms with Crippen LogP contribution in [0.4, 0.5) is 24.5 Å². The van der Waals surface area contributed by atoms with E-state index in [-0.39, 0.29) is 12.4 Å². The second-order valence-corrected chi connectivity index (χ2v) is 8.75. The average molecular weight is 491 g/mol. The molecule has 0 fully saturated rings. The summed E-state index contributed by atoms with van der Waals surface area (Å²) in [6.45, 7) is 5.34. The molecule has 4 rings (SSSR count). The first-order valence-electron chi connectivity index (χ1n) is 11.7. The summed E-state index contributed by atoms with van der Waals surface area (Å²) in [6, 6.07) is 8.78. The number of amides is 1. The van der Waals surface area contributed by atoms with Crippen LogP contribution in [0.1, 0.15) is 44.2 Å². The number of hydrogen-bond donors (Lipinski definition) is 2. The van der Waals surface area contributed by atoms with Gasteiger partial charge in [-0.15, -0.1) is 0 Å². The maximum atomic E-state index is 13.3. The normalized spacial score (nSPS) is 17.8. The molecule has 188 valence electrons. The fourth-order valence-corrected chi connectivity index (χ4v) is 4.62. The zero-order valence-corrected chi connectivity index (χ0v) is 19.7. The molecule has 2 aliphatic rings. The van der Waals surface area contributed by atoms with Crippen molar-refractivity contribution in [1.82, 2.24) is 0 Å². The highest BCUT2D eigenvalue weighted by atomic mass is 19.4. The lowest BCUT2D eigenvalue weighted by Crippen LogP contribution is -2.38. The van der Waals surface area contributed by atoms with Gasteiger partial charge in [-0.1, -0.05) is 26.0 Å². The number of aliphatic hydroxyl groups excluding tert-OH is 1. The first-order chi connectivity index (χ1) is 16.7.